The quantitative estimate of drug-likeness (QED) is 0.236. The van der Waals surface area contributed by atoms with Crippen LogP contribution in [0.4, 0.5) is 8.78 Å². The molecule has 0 spiro atoms. The second-order valence-electron chi connectivity index (χ2n) is 10.3. The molecule has 0 unspecified atom stereocenters. The van der Waals surface area contributed by atoms with Gasteiger partial charge in [-0.05, 0) is 80.3 Å². The van der Waals surface area contributed by atoms with Crippen molar-refractivity contribution in [1.29, 1.82) is 0 Å². The van der Waals surface area contributed by atoms with Crippen LogP contribution in [0.2, 0.25) is 5.02 Å². The molecule has 1 saturated carbocycles. The zero-order valence-corrected chi connectivity index (χ0v) is 25.4. The second kappa shape index (κ2) is 12.3. The lowest BCUT2D eigenvalue weighted by atomic mass is 9.89. The van der Waals surface area contributed by atoms with Gasteiger partial charge in [0, 0.05) is 24.2 Å². The minimum atomic E-state index is -3.84. The minimum Gasteiger partial charge on any atom is -0.496 e. The number of carbonyl (C=O) groups excluding carboxylic acids is 1. The van der Waals surface area contributed by atoms with Crippen LogP contribution in [0.25, 0.3) is 21.2 Å². The fourth-order valence-electron chi connectivity index (χ4n) is 5.51. The first-order valence-corrected chi connectivity index (χ1v) is 16.1. The summed E-state index contributed by atoms with van der Waals surface area (Å²) in [6.07, 6.45) is 3.20. The van der Waals surface area contributed by atoms with E-state index in [2.05, 4.69) is 5.32 Å². The molecule has 1 aromatic heterocycles. The number of benzene rings is 3. The number of ether oxygens (including phenoxy) is 1. The minimum absolute atomic E-state index is 0.00187. The van der Waals surface area contributed by atoms with Crippen molar-refractivity contribution >= 4 is 49.0 Å². The Morgan fingerprint density at radius 1 is 1.05 bits per heavy atom. The molecule has 0 aliphatic heterocycles. The largest absolute Gasteiger partial charge is 0.496 e. The lowest BCUT2D eigenvalue weighted by Gasteiger charge is -2.37. The number of fused-ring (bicyclic) bond motifs is 1. The number of thiophene rings is 1. The number of nitrogens with zero attached hydrogens (tertiary/aromatic N) is 1. The van der Waals surface area contributed by atoms with E-state index in [0.29, 0.717) is 17.4 Å². The number of rotatable bonds is 8. The van der Waals surface area contributed by atoms with Crippen LogP contribution in [0.15, 0.2) is 59.5 Å². The first-order chi connectivity index (χ1) is 20.0. The third-order valence-corrected chi connectivity index (χ3v) is 10.4. The highest BCUT2D eigenvalue weighted by Gasteiger charge is 2.33. The molecule has 4 aromatic rings. The molecular weight excluding hydrogens is 604 g/mol. The molecule has 0 atom stereocenters. The lowest BCUT2D eigenvalue weighted by Crippen LogP contribution is -2.44. The molecule has 0 radical (unpaired) electrons. The number of methoxy groups -OCH3 is 1. The second-order valence-corrected chi connectivity index (χ2v) is 13.3. The number of primary sulfonamides is 1. The van der Waals surface area contributed by atoms with Gasteiger partial charge < -0.3 is 15.0 Å². The fourth-order valence-corrected chi connectivity index (χ4v) is 7.53. The first kappa shape index (κ1) is 30.4. The molecule has 3 aromatic carbocycles. The maximum atomic E-state index is 14.6. The SMILES string of the molecule is CNC1CCC(N(Cc2cc(-c3ccc(S(N)(=O)=O)cc3)ccc2OC)C(=O)c2sc3c(F)ccc(F)c3c2Cl)CC1. The number of halogens is 3. The zero-order valence-electron chi connectivity index (χ0n) is 23.0. The summed E-state index contributed by atoms with van der Waals surface area (Å²) < 4.78 is 58.3. The molecular formula is C30H30ClF2N3O4S2. The number of nitrogens with two attached hydrogens (primary N) is 1. The number of carbonyl (C=O) groups is 1. The summed E-state index contributed by atoms with van der Waals surface area (Å²) in [5.74, 6) is -1.17. The molecule has 1 fully saturated rings. The highest BCUT2D eigenvalue weighted by Crippen LogP contribution is 2.40. The molecule has 5 rings (SSSR count). The Labute approximate surface area is 252 Å². The summed E-state index contributed by atoms with van der Waals surface area (Å²) in [5, 5.41) is 8.35. The van der Waals surface area contributed by atoms with Crippen molar-refractivity contribution in [2.75, 3.05) is 14.2 Å². The Bertz CT molecular complexity index is 1740. The van der Waals surface area contributed by atoms with Gasteiger partial charge in [0.2, 0.25) is 10.0 Å². The first-order valence-electron chi connectivity index (χ1n) is 13.4. The average Bonchev–Trinajstić information content (AvgIpc) is 3.35. The van der Waals surface area contributed by atoms with Crippen LogP contribution in [-0.4, -0.2) is 45.5 Å². The van der Waals surface area contributed by atoms with Crippen molar-refractivity contribution in [2.24, 2.45) is 5.14 Å². The zero-order chi connectivity index (χ0) is 30.2. The molecule has 42 heavy (non-hydrogen) atoms. The number of nitrogens with one attached hydrogen (secondary N) is 1. The molecule has 1 heterocycles. The third kappa shape index (κ3) is 6.02. The molecule has 1 amide bonds. The van der Waals surface area contributed by atoms with Crippen molar-refractivity contribution in [1.82, 2.24) is 10.2 Å². The smallest absolute Gasteiger partial charge is 0.266 e. The summed E-state index contributed by atoms with van der Waals surface area (Å²) in [5.41, 5.74) is 2.24. The average molecular weight is 634 g/mol. The van der Waals surface area contributed by atoms with Gasteiger partial charge in [0.15, 0.2) is 0 Å². The van der Waals surface area contributed by atoms with E-state index in [4.69, 9.17) is 21.5 Å². The normalized spacial score (nSPS) is 17.4. The lowest BCUT2D eigenvalue weighted by molar-refractivity contribution is 0.0604. The van der Waals surface area contributed by atoms with E-state index in [0.717, 1.165) is 60.3 Å². The van der Waals surface area contributed by atoms with E-state index < -0.39 is 27.6 Å². The van der Waals surface area contributed by atoms with Gasteiger partial charge in [-0.2, -0.15) is 0 Å². The van der Waals surface area contributed by atoms with E-state index in [-0.39, 0.29) is 37.5 Å². The van der Waals surface area contributed by atoms with Crippen LogP contribution in [0.5, 0.6) is 5.75 Å². The van der Waals surface area contributed by atoms with Crippen molar-refractivity contribution in [2.45, 2.75) is 49.2 Å². The number of sulfonamides is 1. The van der Waals surface area contributed by atoms with E-state index in [1.807, 2.05) is 19.2 Å². The Morgan fingerprint density at radius 2 is 1.69 bits per heavy atom. The van der Waals surface area contributed by atoms with Crippen molar-refractivity contribution in [3.63, 3.8) is 0 Å². The summed E-state index contributed by atoms with van der Waals surface area (Å²) >= 11 is 7.39. The summed E-state index contributed by atoms with van der Waals surface area (Å²) in [6, 6.07) is 13.9. The van der Waals surface area contributed by atoms with Gasteiger partial charge in [0.1, 0.15) is 22.3 Å². The molecule has 3 N–H and O–H groups in total. The maximum absolute atomic E-state index is 14.6. The van der Waals surface area contributed by atoms with E-state index in [9.17, 15) is 22.0 Å². The topological polar surface area (TPSA) is 102 Å². The van der Waals surface area contributed by atoms with Crippen LogP contribution in [0, 0.1) is 11.6 Å². The molecule has 1 aliphatic carbocycles. The predicted octanol–water partition coefficient (Wildman–Crippen LogP) is 6.33. The summed E-state index contributed by atoms with van der Waals surface area (Å²) in [7, 11) is -0.379. The molecule has 12 heteroatoms. The molecule has 0 saturated heterocycles. The number of hydrogen-bond acceptors (Lipinski definition) is 6. The van der Waals surface area contributed by atoms with E-state index in [1.165, 1.54) is 19.2 Å². The fraction of sp³-hybridized carbons (Fsp3) is 0.300. The molecule has 1 aliphatic rings. The van der Waals surface area contributed by atoms with Crippen molar-refractivity contribution in [3.8, 4) is 16.9 Å². The van der Waals surface area contributed by atoms with Crippen LogP contribution < -0.4 is 15.2 Å². The van der Waals surface area contributed by atoms with Crippen LogP contribution in [-0.2, 0) is 16.6 Å². The van der Waals surface area contributed by atoms with E-state index >= 15 is 0 Å². The highest BCUT2D eigenvalue weighted by molar-refractivity contribution is 7.89. The Hall–Kier alpha value is -3.09. The number of hydrogen-bond donors (Lipinski definition) is 2. The van der Waals surface area contributed by atoms with Gasteiger partial charge in [-0.3, -0.25) is 4.79 Å². The Balaban J connectivity index is 1.55. The summed E-state index contributed by atoms with van der Waals surface area (Å²) in [6.45, 7) is 0.162. The standard InChI is InChI=1S/C30H30ClF2N3O4S2/c1-35-20-6-8-21(9-7-20)36(30(37)29-27(31)26-23(32)12-13-24(33)28(26)41-29)16-19-15-18(5-14-25(19)40-2)17-3-10-22(11-4-17)42(34,38)39/h3-5,10-15,20-21,35H,6-9,16H2,1-2H3,(H2,34,38,39). The van der Waals surface area contributed by atoms with Gasteiger partial charge in [-0.1, -0.05) is 29.8 Å². The molecule has 7 nitrogen and oxygen atoms in total. The van der Waals surface area contributed by atoms with Crippen LogP contribution in [0.1, 0.15) is 40.9 Å². The van der Waals surface area contributed by atoms with Gasteiger partial charge >= 0.3 is 0 Å². The van der Waals surface area contributed by atoms with Crippen molar-refractivity contribution < 1.29 is 26.7 Å². The molecule has 222 valence electrons. The van der Waals surface area contributed by atoms with Crippen molar-refractivity contribution in [3.05, 3.63) is 81.7 Å². The van der Waals surface area contributed by atoms with E-state index in [1.54, 1.807) is 23.1 Å². The summed E-state index contributed by atoms with van der Waals surface area (Å²) in [4.78, 5) is 16.0. The van der Waals surface area contributed by atoms with Crippen LogP contribution >= 0.6 is 22.9 Å². The monoisotopic (exact) mass is 633 g/mol. The third-order valence-electron chi connectivity index (χ3n) is 7.82. The van der Waals surface area contributed by atoms with Gasteiger partial charge in [-0.25, -0.2) is 22.3 Å². The Morgan fingerprint density at radius 3 is 2.29 bits per heavy atom. The Kier molecular flexibility index (Phi) is 8.86. The van der Waals surface area contributed by atoms with Gasteiger partial charge in [-0.15, -0.1) is 11.3 Å². The maximum Gasteiger partial charge on any atom is 0.266 e. The van der Waals surface area contributed by atoms with Crippen LogP contribution in [0.3, 0.4) is 0 Å². The predicted molar refractivity (Wildman–Crippen MR) is 162 cm³/mol. The number of amides is 1. The van der Waals surface area contributed by atoms with Gasteiger partial charge in [0.05, 0.1) is 27.1 Å². The molecule has 0 bridgehead atoms. The van der Waals surface area contributed by atoms with Gasteiger partial charge in [0.25, 0.3) is 5.91 Å². The highest BCUT2D eigenvalue weighted by atomic mass is 35.5.